The van der Waals surface area contributed by atoms with Crippen molar-refractivity contribution in [1.29, 1.82) is 0 Å². The molecule has 5 nitrogen and oxygen atoms in total. The maximum absolute atomic E-state index is 13.3. The van der Waals surface area contributed by atoms with E-state index in [4.69, 9.17) is 4.74 Å². The molecule has 0 fully saturated rings. The van der Waals surface area contributed by atoms with Crippen molar-refractivity contribution in [3.63, 3.8) is 0 Å². The normalized spacial score (nSPS) is 10.6. The zero-order valence-corrected chi connectivity index (χ0v) is 18.9. The summed E-state index contributed by atoms with van der Waals surface area (Å²) in [6.45, 7) is 7.24. The van der Waals surface area contributed by atoms with Gasteiger partial charge in [0.25, 0.3) is 11.8 Å². The SMILES string of the molecule is CCN(C(=O)c1ccccc1NC(=O)c1ccccc1OCCC(C)C)c1ccccc1. The van der Waals surface area contributed by atoms with Gasteiger partial charge in [-0.3, -0.25) is 9.59 Å². The molecule has 0 saturated heterocycles. The van der Waals surface area contributed by atoms with Crippen LogP contribution in [0.5, 0.6) is 5.75 Å². The topological polar surface area (TPSA) is 58.6 Å². The Morgan fingerprint density at radius 1 is 0.875 bits per heavy atom. The predicted molar refractivity (Wildman–Crippen MR) is 130 cm³/mol. The third-order valence-electron chi connectivity index (χ3n) is 5.12. The number of carbonyl (C=O) groups is 2. The highest BCUT2D eigenvalue weighted by molar-refractivity contribution is 6.14. The summed E-state index contributed by atoms with van der Waals surface area (Å²) in [5.74, 6) is 0.568. The van der Waals surface area contributed by atoms with Crippen LogP contribution >= 0.6 is 0 Å². The zero-order chi connectivity index (χ0) is 22.9. The fraction of sp³-hybridized carbons (Fsp3) is 0.259. The predicted octanol–water partition coefficient (Wildman–Crippen LogP) is 6.03. The number of nitrogens with zero attached hydrogens (tertiary/aromatic N) is 1. The van der Waals surface area contributed by atoms with E-state index in [0.717, 1.165) is 12.1 Å². The number of carbonyl (C=O) groups excluding carboxylic acids is 2. The maximum Gasteiger partial charge on any atom is 0.260 e. The first-order chi connectivity index (χ1) is 15.5. The Morgan fingerprint density at radius 2 is 1.50 bits per heavy atom. The van der Waals surface area contributed by atoms with Crippen molar-refractivity contribution in [2.24, 2.45) is 5.92 Å². The van der Waals surface area contributed by atoms with Gasteiger partial charge in [0.2, 0.25) is 0 Å². The molecule has 0 radical (unpaired) electrons. The van der Waals surface area contributed by atoms with Gasteiger partial charge < -0.3 is 15.0 Å². The van der Waals surface area contributed by atoms with E-state index in [9.17, 15) is 9.59 Å². The molecule has 32 heavy (non-hydrogen) atoms. The summed E-state index contributed by atoms with van der Waals surface area (Å²) in [5.41, 5.74) is 2.15. The van der Waals surface area contributed by atoms with Crippen LogP contribution in [-0.2, 0) is 0 Å². The van der Waals surface area contributed by atoms with Crippen molar-refractivity contribution in [3.05, 3.63) is 90.0 Å². The summed E-state index contributed by atoms with van der Waals surface area (Å²) in [5, 5.41) is 2.91. The van der Waals surface area contributed by atoms with E-state index in [0.29, 0.717) is 41.6 Å². The first-order valence-electron chi connectivity index (χ1n) is 11.0. The van der Waals surface area contributed by atoms with Gasteiger partial charge in [-0.1, -0.05) is 56.3 Å². The molecule has 3 aromatic rings. The van der Waals surface area contributed by atoms with Crippen molar-refractivity contribution in [2.45, 2.75) is 27.2 Å². The second kappa shape index (κ2) is 11.1. The maximum atomic E-state index is 13.3. The van der Waals surface area contributed by atoms with Crippen LogP contribution in [0.2, 0.25) is 0 Å². The van der Waals surface area contributed by atoms with Crippen LogP contribution in [0.15, 0.2) is 78.9 Å². The Bertz CT molecular complexity index is 1050. The molecule has 0 unspecified atom stereocenters. The molecule has 0 aromatic heterocycles. The molecule has 2 amide bonds. The minimum atomic E-state index is -0.312. The van der Waals surface area contributed by atoms with Crippen LogP contribution < -0.4 is 15.0 Å². The quantitative estimate of drug-likeness (QED) is 0.451. The van der Waals surface area contributed by atoms with Crippen molar-refractivity contribution in [1.82, 2.24) is 0 Å². The molecule has 0 saturated carbocycles. The summed E-state index contributed by atoms with van der Waals surface area (Å²) >= 11 is 0. The van der Waals surface area contributed by atoms with Gasteiger partial charge in [0, 0.05) is 12.2 Å². The highest BCUT2D eigenvalue weighted by Gasteiger charge is 2.21. The monoisotopic (exact) mass is 430 g/mol. The molecule has 0 heterocycles. The minimum absolute atomic E-state index is 0.170. The Hall–Kier alpha value is -3.60. The Kier molecular flexibility index (Phi) is 8.03. The standard InChI is InChI=1S/C27H30N2O3/c1-4-29(21-12-6-5-7-13-21)27(31)22-14-8-10-16-24(22)28-26(30)23-15-9-11-17-25(23)32-19-18-20(2)3/h5-17,20H,4,18-19H2,1-3H3,(H,28,30). The molecule has 1 N–H and O–H groups in total. The third-order valence-corrected chi connectivity index (χ3v) is 5.12. The number of hydrogen-bond acceptors (Lipinski definition) is 3. The summed E-state index contributed by atoms with van der Waals surface area (Å²) in [7, 11) is 0. The summed E-state index contributed by atoms with van der Waals surface area (Å²) in [4.78, 5) is 28.1. The van der Waals surface area contributed by atoms with Crippen molar-refractivity contribution in [2.75, 3.05) is 23.4 Å². The fourth-order valence-electron chi connectivity index (χ4n) is 3.35. The average Bonchev–Trinajstić information content (AvgIpc) is 2.80. The van der Waals surface area contributed by atoms with Crippen LogP contribution in [0.4, 0.5) is 11.4 Å². The molecule has 3 rings (SSSR count). The van der Waals surface area contributed by atoms with E-state index in [1.54, 1.807) is 47.4 Å². The second-order valence-electron chi connectivity index (χ2n) is 7.91. The highest BCUT2D eigenvalue weighted by Crippen LogP contribution is 2.24. The van der Waals surface area contributed by atoms with Gasteiger partial charge in [-0.15, -0.1) is 0 Å². The van der Waals surface area contributed by atoms with Crippen LogP contribution in [0.1, 0.15) is 47.9 Å². The van der Waals surface area contributed by atoms with E-state index in [1.165, 1.54) is 0 Å². The smallest absolute Gasteiger partial charge is 0.260 e. The van der Waals surface area contributed by atoms with Gasteiger partial charge >= 0.3 is 0 Å². The number of rotatable bonds is 9. The molecule has 0 aliphatic rings. The summed E-state index contributed by atoms with van der Waals surface area (Å²) in [6, 6.07) is 23.7. The lowest BCUT2D eigenvalue weighted by molar-refractivity contribution is 0.0989. The molecule has 0 atom stereocenters. The molecule has 0 aliphatic heterocycles. The zero-order valence-electron chi connectivity index (χ0n) is 18.9. The minimum Gasteiger partial charge on any atom is -0.493 e. The van der Waals surface area contributed by atoms with Crippen LogP contribution in [0.25, 0.3) is 0 Å². The van der Waals surface area contributed by atoms with Crippen LogP contribution in [-0.4, -0.2) is 25.0 Å². The molecule has 0 spiro atoms. The van der Waals surface area contributed by atoms with Gasteiger partial charge in [0.1, 0.15) is 5.75 Å². The summed E-state index contributed by atoms with van der Waals surface area (Å²) < 4.78 is 5.86. The molecule has 0 bridgehead atoms. The van der Waals surface area contributed by atoms with Gasteiger partial charge in [0.15, 0.2) is 0 Å². The number of para-hydroxylation sites is 3. The van der Waals surface area contributed by atoms with Gasteiger partial charge in [0.05, 0.1) is 23.4 Å². The Labute approximate surface area is 190 Å². The van der Waals surface area contributed by atoms with E-state index in [2.05, 4.69) is 19.2 Å². The van der Waals surface area contributed by atoms with E-state index in [-0.39, 0.29) is 11.8 Å². The largest absolute Gasteiger partial charge is 0.493 e. The molecule has 5 heteroatoms. The summed E-state index contributed by atoms with van der Waals surface area (Å²) in [6.07, 6.45) is 0.902. The number of nitrogens with one attached hydrogen (secondary N) is 1. The van der Waals surface area contributed by atoms with E-state index >= 15 is 0 Å². The lowest BCUT2D eigenvalue weighted by Gasteiger charge is -2.22. The number of amides is 2. The molecular weight excluding hydrogens is 400 g/mol. The first kappa shape index (κ1) is 23.1. The molecule has 0 aliphatic carbocycles. The van der Waals surface area contributed by atoms with Gasteiger partial charge in [-0.25, -0.2) is 0 Å². The second-order valence-corrected chi connectivity index (χ2v) is 7.91. The van der Waals surface area contributed by atoms with Crippen LogP contribution in [0, 0.1) is 5.92 Å². The fourth-order valence-corrected chi connectivity index (χ4v) is 3.35. The highest BCUT2D eigenvalue weighted by atomic mass is 16.5. The van der Waals surface area contributed by atoms with Crippen molar-refractivity contribution >= 4 is 23.2 Å². The van der Waals surface area contributed by atoms with E-state index < -0.39 is 0 Å². The molecule has 166 valence electrons. The lowest BCUT2D eigenvalue weighted by atomic mass is 10.1. The number of ether oxygens (including phenoxy) is 1. The Morgan fingerprint density at radius 3 is 2.19 bits per heavy atom. The number of hydrogen-bond donors (Lipinski definition) is 1. The molecule has 3 aromatic carbocycles. The lowest BCUT2D eigenvalue weighted by Crippen LogP contribution is -2.31. The number of anilines is 2. The first-order valence-corrected chi connectivity index (χ1v) is 11.0. The van der Waals surface area contributed by atoms with Gasteiger partial charge in [-0.05, 0) is 55.7 Å². The Balaban J connectivity index is 1.83. The van der Waals surface area contributed by atoms with E-state index in [1.807, 2.05) is 43.3 Å². The van der Waals surface area contributed by atoms with Gasteiger partial charge in [-0.2, -0.15) is 0 Å². The van der Waals surface area contributed by atoms with Crippen molar-refractivity contribution in [3.8, 4) is 5.75 Å². The average molecular weight is 431 g/mol. The molecular formula is C27H30N2O3. The number of benzene rings is 3. The third kappa shape index (κ3) is 5.76. The van der Waals surface area contributed by atoms with Crippen LogP contribution in [0.3, 0.4) is 0 Å². The van der Waals surface area contributed by atoms with Crippen molar-refractivity contribution < 1.29 is 14.3 Å².